The lowest BCUT2D eigenvalue weighted by Crippen LogP contribution is -2.53. The lowest BCUT2D eigenvalue weighted by atomic mass is 9.88. The Bertz CT molecular complexity index is 488. The molecule has 0 saturated carbocycles. The fourth-order valence-corrected chi connectivity index (χ4v) is 2.45. The van der Waals surface area contributed by atoms with Crippen LogP contribution in [0.5, 0.6) is 0 Å². The monoisotopic (exact) mass is 289 g/mol. The number of benzene rings is 1. The van der Waals surface area contributed by atoms with Gasteiger partial charge in [-0.05, 0) is 19.9 Å². The van der Waals surface area contributed by atoms with Gasteiger partial charge in [0, 0.05) is 24.2 Å². The Balaban J connectivity index is 2.29. The van der Waals surface area contributed by atoms with Crippen molar-refractivity contribution in [2.24, 2.45) is 0 Å². The van der Waals surface area contributed by atoms with Crippen LogP contribution < -0.4 is 0 Å². The summed E-state index contributed by atoms with van der Waals surface area (Å²) < 4.78 is 45.3. The number of hydrogen-bond acceptors (Lipinski definition) is 3. The van der Waals surface area contributed by atoms with Gasteiger partial charge in [-0.3, -0.25) is 4.90 Å². The Morgan fingerprint density at radius 2 is 1.75 bits per heavy atom. The number of aliphatic hydroxyl groups is 1. The van der Waals surface area contributed by atoms with Crippen molar-refractivity contribution in [3.63, 3.8) is 0 Å². The van der Waals surface area contributed by atoms with E-state index in [1.165, 1.54) is 0 Å². The number of rotatable bonds is 3. The third-order valence-corrected chi connectivity index (χ3v) is 3.85. The van der Waals surface area contributed by atoms with Crippen LogP contribution in [0.15, 0.2) is 12.1 Å². The van der Waals surface area contributed by atoms with Gasteiger partial charge in [-0.2, -0.15) is 0 Å². The fourth-order valence-electron chi connectivity index (χ4n) is 2.45. The molecule has 0 aromatic heterocycles. The lowest BCUT2D eigenvalue weighted by Gasteiger charge is -2.43. The number of ether oxygens (including phenoxy) is 1. The molecule has 1 unspecified atom stereocenters. The maximum absolute atomic E-state index is 13.8. The number of morpholine rings is 1. The van der Waals surface area contributed by atoms with Crippen molar-refractivity contribution < 1.29 is 23.0 Å². The molecule has 0 spiro atoms. The summed E-state index contributed by atoms with van der Waals surface area (Å²) in [7, 11) is 0. The maximum Gasteiger partial charge on any atom is 0.194 e. The average Bonchev–Trinajstić information content (AvgIpc) is 2.45. The number of nitrogens with zero attached hydrogens (tertiary/aromatic N) is 1. The van der Waals surface area contributed by atoms with Crippen molar-refractivity contribution in [3.05, 3.63) is 35.1 Å². The summed E-state index contributed by atoms with van der Waals surface area (Å²) in [6.45, 7) is 5.71. The van der Waals surface area contributed by atoms with Crippen LogP contribution in [0.3, 0.4) is 0 Å². The molecule has 1 N–H and O–H groups in total. The zero-order chi connectivity index (χ0) is 14.9. The molecule has 1 aliphatic rings. The fraction of sp³-hybridized carbons (Fsp3) is 0.571. The predicted octanol–water partition coefficient (Wildman–Crippen LogP) is 2.25. The van der Waals surface area contributed by atoms with E-state index in [4.69, 9.17) is 4.74 Å². The maximum atomic E-state index is 13.8. The van der Waals surface area contributed by atoms with Gasteiger partial charge in [0.1, 0.15) is 0 Å². The normalized spacial score (nSPS) is 19.1. The van der Waals surface area contributed by atoms with Gasteiger partial charge in [-0.15, -0.1) is 0 Å². The molecule has 1 saturated heterocycles. The van der Waals surface area contributed by atoms with Crippen molar-refractivity contribution >= 4 is 0 Å². The molecule has 1 fully saturated rings. The largest absolute Gasteiger partial charge is 0.386 e. The van der Waals surface area contributed by atoms with E-state index in [1.807, 2.05) is 4.90 Å². The van der Waals surface area contributed by atoms with E-state index in [-0.39, 0.29) is 5.56 Å². The Morgan fingerprint density at radius 1 is 1.15 bits per heavy atom. The van der Waals surface area contributed by atoms with Crippen molar-refractivity contribution in [1.29, 1.82) is 0 Å². The van der Waals surface area contributed by atoms with E-state index >= 15 is 0 Å². The van der Waals surface area contributed by atoms with Crippen LogP contribution >= 0.6 is 0 Å². The van der Waals surface area contributed by atoms with Gasteiger partial charge in [0.05, 0.1) is 19.3 Å². The third-order valence-electron chi connectivity index (χ3n) is 3.85. The molecule has 1 aliphatic heterocycles. The molecule has 0 radical (unpaired) electrons. The van der Waals surface area contributed by atoms with Gasteiger partial charge >= 0.3 is 0 Å². The highest BCUT2D eigenvalue weighted by atomic mass is 19.2. The summed E-state index contributed by atoms with van der Waals surface area (Å²) >= 11 is 0. The molecule has 6 heteroatoms. The van der Waals surface area contributed by atoms with Crippen molar-refractivity contribution in [3.8, 4) is 0 Å². The summed E-state index contributed by atoms with van der Waals surface area (Å²) in [5, 5.41) is 10.4. The van der Waals surface area contributed by atoms with Crippen LogP contribution in [-0.2, 0) is 4.74 Å². The van der Waals surface area contributed by atoms with Gasteiger partial charge in [-0.25, -0.2) is 13.2 Å². The highest BCUT2D eigenvalue weighted by Gasteiger charge is 2.38. The smallest absolute Gasteiger partial charge is 0.194 e. The summed E-state index contributed by atoms with van der Waals surface area (Å²) in [5.74, 6) is -4.15. The quantitative estimate of drug-likeness (QED) is 0.866. The lowest BCUT2D eigenvalue weighted by molar-refractivity contribution is -0.0641. The summed E-state index contributed by atoms with van der Waals surface area (Å²) in [5.41, 5.74) is -1.05. The second-order valence-corrected chi connectivity index (χ2v) is 5.42. The molecule has 1 heterocycles. The molecular weight excluding hydrogens is 271 g/mol. The van der Waals surface area contributed by atoms with E-state index < -0.39 is 29.1 Å². The van der Waals surface area contributed by atoms with Crippen LogP contribution in [0.4, 0.5) is 13.2 Å². The van der Waals surface area contributed by atoms with Crippen molar-refractivity contribution in [1.82, 2.24) is 4.90 Å². The Labute approximate surface area is 116 Å². The molecule has 1 aromatic carbocycles. The van der Waals surface area contributed by atoms with Crippen LogP contribution in [0, 0.1) is 17.5 Å². The number of aliphatic hydroxyl groups excluding tert-OH is 1. The third kappa shape index (κ3) is 2.68. The first-order valence-corrected chi connectivity index (χ1v) is 6.50. The Kier molecular flexibility index (Phi) is 4.36. The van der Waals surface area contributed by atoms with E-state index in [0.29, 0.717) is 26.3 Å². The first-order chi connectivity index (χ1) is 9.35. The molecule has 2 rings (SSSR count). The van der Waals surface area contributed by atoms with Crippen molar-refractivity contribution in [2.45, 2.75) is 25.5 Å². The molecule has 1 atom stereocenters. The van der Waals surface area contributed by atoms with Crippen LogP contribution in [-0.4, -0.2) is 41.8 Å². The summed E-state index contributed by atoms with van der Waals surface area (Å²) in [6.07, 6.45) is -1.27. The highest BCUT2D eigenvalue weighted by Crippen LogP contribution is 2.33. The van der Waals surface area contributed by atoms with Crippen molar-refractivity contribution in [2.75, 3.05) is 26.3 Å². The second-order valence-electron chi connectivity index (χ2n) is 5.42. The molecule has 1 aromatic rings. The SMILES string of the molecule is CC(C)(C(O)c1ccc(F)c(F)c1F)N1CCOCC1. The molecule has 0 amide bonds. The minimum absolute atomic E-state index is 0.236. The molecule has 0 aliphatic carbocycles. The zero-order valence-electron chi connectivity index (χ0n) is 11.5. The van der Waals surface area contributed by atoms with E-state index in [1.54, 1.807) is 13.8 Å². The predicted molar refractivity (Wildman–Crippen MR) is 67.7 cm³/mol. The van der Waals surface area contributed by atoms with E-state index in [9.17, 15) is 18.3 Å². The van der Waals surface area contributed by atoms with E-state index in [0.717, 1.165) is 12.1 Å². The first-order valence-electron chi connectivity index (χ1n) is 6.50. The minimum atomic E-state index is -1.56. The van der Waals surface area contributed by atoms with E-state index in [2.05, 4.69) is 0 Å². The molecule has 0 bridgehead atoms. The molecule has 3 nitrogen and oxygen atoms in total. The topological polar surface area (TPSA) is 32.7 Å². The molecule has 20 heavy (non-hydrogen) atoms. The molecular formula is C14H18F3NO2. The molecule has 112 valence electrons. The van der Waals surface area contributed by atoms with Gasteiger partial charge in [0.2, 0.25) is 0 Å². The Hall–Kier alpha value is -1.11. The van der Waals surface area contributed by atoms with Crippen LogP contribution in [0.25, 0.3) is 0 Å². The zero-order valence-corrected chi connectivity index (χ0v) is 11.5. The second kappa shape index (κ2) is 5.71. The number of hydrogen-bond donors (Lipinski definition) is 1. The Morgan fingerprint density at radius 3 is 2.35 bits per heavy atom. The van der Waals surface area contributed by atoms with Gasteiger partial charge in [0.15, 0.2) is 17.5 Å². The van der Waals surface area contributed by atoms with Gasteiger partial charge in [0.25, 0.3) is 0 Å². The summed E-state index contributed by atoms with van der Waals surface area (Å²) in [4.78, 5) is 1.95. The summed E-state index contributed by atoms with van der Waals surface area (Å²) in [6, 6.07) is 1.91. The van der Waals surface area contributed by atoms with Gasteiger partial charge in [-0.1, -0.05) is 6.07 Å². The number of halogens is 3. The highest BCUT2D eigenvalue weighted by molar-refractivity contribution is 5.25. The minimum Gasteiger partial charge on any atom is -0.386 e. The average molecular weight is 289 g/mol. The first kappa shape index (κ1) is 15.3. The van der Waals surface area contributed by atoms with Gasteiger partial charge < -0.3 is 9.84 Å². The van der Waals surface area contributed by atoms with Crippen LogP contribution in [0.2, 0.25) is 0 Å². The standard InChI is InChI=1S/C14H18F3NO2/c1-14(2,18-5-7-20-8-6-18)13(19)9-3-4-10(15)12(17)11(9)16/h3-4,13,19H,5-8H2,1-2H3. The van der Waals surface area contributed by atoms with Crippen LogP contribution in [0.1, 0.15) is 25.5 Å².